The summed E-state index contributed by atoms with van der Waals surface area (Å²) in [5.74, 6) is -3.19. The van der Waals surface area contributed by atoms with Crippen LogP contribution >= 0.6 is 0 Å². The average molecular weight is 452 g/mol. The molecule has 1 aliphatic rings. The van der Waals surface area contributed by atoms with E-state index < -0.39 is 47.7 Å². The second kappa shape index (κ2) is 14.3. The topological polar surface area (TPSA) is 169 Å². The molecule has 4 N–H and O–H groups in total. The average Bonchev–Trinajstić information content (AvgIpc) is 2.74. The molecule has 12 nitrogen and oxygen atoms in total. The smallest absolute Gasteiger partial charge is 0.330 e. The fourth-order valence-electron chi connectivity index (χ4n) is 2.55. The molecule has 1 fully saturated rings. The normalized spacial score (nSPS) is 18.1. The molecule has 1 aliphatic heterocycles. The molecule has 0 spiro atoms. The molecule has 0 aliphatic carbocycles. The van der Waals surface area contributed by atoms with Gasteiger partial charge in [-0.2, -0.15) is 0 Å². The zero-order valence-electron chi connectivity index (χ0n) is 18.0. The molecule has 176 valence electrons. The largest absolute Gasteiger partial charge is 0.463 e. The van der Waals surface area contributed by atoms with Crippen LogP contribution in [0, 0.1) is 0 Å². The lowest BCUT2D eigenvalue weighted by Crippen LogP contribution is -2.62. The standard InChI is InChI=1S/C20H28N4O8/c1-3-31-17(27)7-5-15(25)21-11-9-13-19(29)24-14(20(30)23-13)10-12-22-16(26)6-8-18(28)32-4-2/h5-8,13-14H,3-4,9-12H2,1-2H3,(H,21,25)(H,22,26)(H,23,30)(H,24,29)/b7-5+,8-6+. The number of rotatable bonds is 12. The first-order valence-electron chi connectivity index (χ1n) is 10.1. The van der Waals surface area contributed by atoms with E-state index in [2.05, 4.69) is 30.7 Å². The SMILES string of the molecule is CCOC(=O)/C=C/C(=O)NCCC1NC(=O)C(CCNC(=O)/C=C/C(=O)OCC)NC1=O. The number of nitrogens with one attached hydrogen (secondary N) is 4. The van der Waals surface area contributed by atoms with Gasteiger partial charge in [0.2, 0.25) is 23.6 Å². The highest BCUT2D eigenvalue weighted by Crippen LogP contribution is 2.04. The third-order valence-electron chi connectivity index (χ3n) is 4.05. The first-order chi connectivity index (χ1) is 15.3. The summed E-state index contributed by atoms with van der Waals surface area (Å²) in [6, 6.07) is -1.65. The lowest BCUT2D eigenvalue weighted by molar-refractivity contribution is -0.138. The van der Waals surface area contributed by atoms with E-state index in [1.54, 1.807) is 13.8 Å². The van der Waals surface area contributed by atoms with E-state index in [0.29, 0.717) is 0 Å². The van der Waals surface area contributed by atoms with E-state index >= 15 is 0 Å². The van der Waals surface area contributed by atoms with Crippen molar-refractivity contribution in [2.24, 2.45) is 0 Å². The van der Waals surface area contributed by atoms with Crippen molar-refractivity contribution in [2.45, 2.75) is 38.8 Å². The van der Waals surface area contributed by atoms with Crippen molar-refractivity contribution in [3.8, 4) is 0 Å². The maximum atomic E-state index is 12.2. The molecule has 0 saturated carbocycles. The van der Waals surface area contributed by atoms with Gasteiger partial charge in [-0.25, -0.2) is 9.59 Å². The summed E-state index contributed by atoms with van der Waals surface area (Å²) < 4.78 is 9.30. The molecule has 32 heavy (non-hydrogen) atoms. The van der Waals surface area contributed by atoms with Crippen molar-refractivity contribution in [2.75, 3.05) is 26.3 Å². The number of ether oxygens (including phenoxy) is 2. The number of esters is 2. The van der Waals surface area contributed by atoms with Crippen molar-refractivity contribution in [1.82, 2.24) is 21.3 Å². The molecular weight excluding hydrogens is 424 g/mol. The van der Waals surface area contributed by atoms with Crippen molar-refractivity contribution < 1.29 is 38.2 Å². The summed E-state index contributed by atoms with van der Waals surface area (Å²) in [7, 11) is 0. The summed E-state index contributed by atoms with van der Waals surface area (Å²) in [5.41, 5.74) is 0. The van der Waals surface area contributed by atoms with Gasteiger partial charge in [0.25, 0.3) is 0 Å². The maximum Gasteiger partial charge on any atom is 0.330 e. The van der Waals surface area contributed by atoms with Crippen LogP contribution in [0.5, 0.6) is 0 Å². The summed E-state index contributed by atoms with van der Waals surface area (Å²) in [4.78, 5) is 69.9. The van der Waals surface area contributed by atoms with Crippen LogP contribution in [0.15, 0.2) is 24.3 Å². The highest BCUT2D eigenvalue weighted by molar-refractivity contribution is 5.97. The van der Waals surface area contributed by atoms with Crippen LogP contribution in [0.4, 0.5) is 0 Å². The lowest BCUT2D eigenvalue weighted by atomic mass is 10.1. The highest BCUT2D eigenvalue weighted by atomic mass is 16.5. The highest BCUT2D eigenvalue weighted by Gasteiger charge is 2.32. The Hall–Kier alpha value is -3.70. The fourth-order valence-corrected chi connectivity index (χ4v) is 2.55. The van der Waals surface area contributed by atoms with Gasteiger partial charge in [-0.15, -0.1) is 0 Å². The molecule has 0 bridgehead atoms. The molecule has 0 aromatic heterocycles. The van der Waals surface area contributed by atoms with Crippen LogP contribution < -0.4 is 21.3 Å². The van der Waals surface area contributed by atoms with E-state index in [1.165, 1.54) is 0 Å². The van der Waals surface area contributed by atoms with E-state index in [0.717, 1.165) is 24.3 Å². The quantitative estimate of drug-likeness (QED) is 0.199. The van der Waals surface area contributed by atoms with Crippen molar-refractivity contribution in [3.05, 3.63) is 24.3 Å². The Bertz CT molecular complexity index is 714. The van der Waals surface area contributed by atoms with Crippen LogP contribution in [-0.4, -0.2) is 74.0 Å². The van der Waals surface area contributed by atoms with Gasteiger partial charge in [-0.3, -0.25) is 19.2 Å². The predicted molar refractivity (Wildman–Crippen MR) is 111 cm³/mol. The third-order valence-corrected chi connectivity index (χ3v) is 4.05. The van der Waals surface area contributed by atoms with Gasteiger partial charge in [-0.05, 0) is 26.7 Å². The number of hydrogen-bond acceptors (Lipinski definition) is 8. The van der Waals surface area contributed by atoms with Gasteiger partial charge in [0.15, 0.2) is 0 Å². The summed E-state index contributed by atoms with van der Waals surface area (Å²) >= 11 is 0. The molecule has 12 heteroatoms. The van der Waals surface area contributed by atoms with Crippen LogP contribution in [0.3, 0.4) is 0 Å². The summed E-state index contributed by atoms with van der Waals surface area (Å²) in [6.45, 7) is 3.86. The first-order valence-corrected chi connectivity index (χ1v) is 10.1. The van der Waals surface area contributed by atoms with Gasteiger partial charge in [0.05, 0.1) is 13.2 Å². The molecule has 1 heterocycles. The Morgan fingerprint density at radius 3 is 1.47 bits per heavy atom. The Labute approximate surface area is 185 Å². The number of carbonyl (C=O) groups is 6. The number of piperazine rings is 1. The summed E-state index contributed by atoms with van der Waals surface area (Å²) in [6.07, 6.45) is 4.32. The predicted octanol–water partition coefficient (Wildman–Crippen LogP) is -1.78. The molecule has 0 radical (unpaired) electrons. The van der Waals surface area contributed by atoms with E-state index in [1.807, 2.05) is 0 Å². The van der Waals surface area contributed by atoms with Gasteiger partial charge < -0.3 is 30.7 Å². The Kier molecular flexibility index (Phi) is 11.8. The Balaban J connectivity index is 2.33. The van der Waals surface area contributed by atoms with Crippen LogP contribution in [-0.2, 0) is 38.2 Å². The fraction of sp³-hybridized carbons (Fsp3) is 0.500. The molecule has 1 saturated heterocycles. The van der Waals surface area contributed by atoms with E-state index in [-0.39, 0.29) is 39.1 Å². The lowest BCUT2D eigenvalue weighted by Gasteiger charge is -2.29. The van der Waals surface area contributed by atoms with Crippen LogP contribution in [0.2, 0.25) is 0 Å². The van der Waals surface area contributed by atoms with Crippen molar-refractivity contribution in [3.63, 3.8) is 0 Å². The van der Waals surface area contributed by atoms with Gasteiger partial charge in [0, 0.05) is 37.4 Å². The molecule has 2 atom stereocenters. The molecule has 0 aromatic rings. The first kappa shape index (κ1) is 26.3. The molecule has 2 unspecified atom stereocenters. The Morgan fingerprint density at radius 2 is 1.12 bits per heavy atom. The molecule has 0 aromatic carbocycles. The number of amides is 4. The van der Waals surface area contributed by atoms with Crippen molar-refractivity contribution >= 4 is 35.6 Å². The minimum Gasteiger partial charge on any atom is -0.463 e. The number of carbonyl (C=O) groups excluding carboxylic acids is 6. The summed E-state index contributed by atoms with van der Waals surface area (Å²) in [5, 5.41) is 10.1. The minimum absolute atomic E-state index is 0.0951. The number of hydrogen-bond donors (Lipinski definition) is 4. The second-order valence-corrected chi connectivity index (χ2v) is 6.45. The Morgan fingerprint density at radius 1 is 0.750 bits per heavy atom. The van der Waals surface area contributed by atoms with Crippen LogP contribution in [0.1, 0.15) is 26.7 Å². The minimum atomic E-state index is -0.824. The van der Waals surface area contributed by atoms with Crippen LogP contribution in [0.25, 0.3) is 0 Å². The molecule has 1 rings (SSSR count). The zero-order chi connectivity index (χ0) is 23.9. The van der Waals surface area contributed by atoms with E-state index in [9.17, 15) is 28.8 Å². The molecular formula is C20H28N4O8. The second-order valence-electron chi connectivity index (χ2n) is 6.45. The zero-order valence-corrected chi connectivity index (χ0v) is 18.0. The van der Waals surface area contributed by atoms with Gasteiger partial charge >= 0.3 is 11.9 Å². The molecule has 4 amide bonds. The van der Waals surface area contributed by atoms with Gasteiger partial charge in [-0.1, -0.05) is 0 Å². The third kappa shape index (κ3) is 10.4. The van der Waals surface area contributed by atoms with Gasteiger partial charge in [0.1, 0.15) is 12.1 Å². The monoisotopic (exact) mass is 452 g/mol. The van der Waals surface area contributed by atoms with Crippen molar-refractivity contribution in [1.29, 1.82) is 0 Å². The maximum absolute atomic E-state index is 12.2. The van der Waals surface area contributed by atoms with E-state index in [4.69, 9.17) is 0 Å².